The molecule has 4 nitrogen and oxygen atoms in total. The number of methoxy groups -OCH3 is 1. The number of unbranched alkanes of at least 4 members (excludes halogenated alkanes) is 1. The van der Waals surface area contributed by atoms with Crippen molar-refractivity contribution in [3.63, 3.8) is 0 Å². The average molecular weight is 317 g/mol. The molecule has 0 bridgehead atoms. The summed E-state index contributed by atoms with van der Waals surface area (Å²) < 4.78 is 18.8. The summed E-state index contributed by atoms with van der Waals surface area (Å²) in [5.74, 6) is -0.249. The van der Waals surface area contributed by atoms with E-state index < -0.39 is 5.82 Å². The Hall–Kier alpha value is -2.56. The largest absolute Gasteiger partial charge is 0.507 e. The third-order valence-corrected chi connectivity index (χ3v) is 3.68. The molecule has 0 aliphatic rings. The van der Waals surface area contributed by atoms with Crippen molar-refractivity contribution in [2.75, 3.05) is 7.11 Å². The van der Waals surface area contributed by atoms with Crippen LogP contribution in [0.3, 0.4) is 0 Å². The Morgan fingerprint density at radius 1 is 1.17 bits per heavy atom. The molecule has 0 heterocycles. The van der Waals surface area contributed by atoms with Gasteiger partial charge >= 0.3 is 0 Å². The molecule has 0 amide bonds. The minimum atomic E-state index is -0.457. The minimum absolute atomic E-state index is 0.0339. The predicted molar refractivity (Wildman–Crippen MR) is 87.9 cm³/mol. The summed E-state index contributed by atoms with van der Waals surface area (Å²) in [6.07, 6.45) is 2.35. The Morgan fingerprint density at radius 2 is 1.87 bits per heavy atom. The van der Waals surface area contributed by atoms with E-state index in [0.717, 1.165) is 18.4 Å². The van der Waals surface area contributed by atoms with E-state index in [4.69, 9.17) is 4.74 Å². The molecule has 0 unspecified atom stereocenters. The van der Waals surface area contributed by atoms with Crippen molar-refractivity contribution in [3.05, 3.63) is 47.8 Å². The maximum atomic E-state index is 13.9. The first kappa shape index (κ1) is 16.8. The molecule has 0 atom stereocenters. The normalized spacial score (nSPS) is 11.5. The van der Waals surface area contributed by atoms with Gasteiger partial charge in [-0.1, -0.05) is 30.6 Å². The van der Waals surface area contributed by atoms with Crippen LogP contribution in [0.2, 0.25) is 0 Å². The quantitative estimate of drug-likeness (QED) is 0.466. The van der Waals surface area contributed by atoms with Gasteiger partial charge in [-0.15, -0.1) is 0 Å². The van der Waals surface area contributed by atoms with Gasteiger partial charge in [0.2, 0.25) is 0 Å². The van der Waals surface area contributed by atoms with Gasteiger partial charge in [0.25, 0.3) is 0 Å². The zero-order chi connectivity index (χ0) is 16.8. The second-order valence-corrected chi connectivity index (χ2v) is 5.23. The van der Waals surface area contributed by atoms with Crippen molar-refractivity contribution in [1.82, 2.24) is 0 Å². The summed E-state index contributed by atoms with van der Waals surface area (Å²) in [4.78, 5) is 0. The van der Waals surface area contributed by atoms with Gasteiger partial charge in [0.15, 0.2) is 11.6 Å². The smallest absolute Gasteiger partial charge is 0.165 e. The number of aromatic hydroxyl groups is 1. The first-order valence-corrected chi connectivity index (χ1v) is 7.49. The van der Waals surface area contributed by atoms with Crippen molar-refractivity contribution < 1.29 is 19.4 Å². The zero-order valence-electron chi connectivity index (χ0n) is 13.2. The maximum Gasteiger partial charge on any atom is 0.165 e. The number of hydrogen-bond acceptors (Lipinski definition) is 4. The molecule has 0 spiro atoms. The van der Waals surface area contributed by atoms with Gasteiger partial charge < -0.3 is 15.1 Å². The molecule has 0 saturated carbocycles. The van der Waals surface area contributed by atoms with Gasteiger partial charge in [-0.05, 0) is 48.2 Å². The average Bonchev–Trinajstić information content (AvgIpc) is 2.56. The molecule has 2 N–H and O–H groups in total. The molecular weight excluding hydrogens is 297 g/mol. The number of ether oxygens (including phenoxy) is 1. The van der Waals surface area contributed by atoms with Crippen molar-refractivity contribution in [2.45, 2.75) is 26.2 Å². The SMILES string of the molecule is CCCC/C(=N\O)c1cc(-c2ccc(OC)c(F)c2)ccc1O. The second-order valence-electron chi connectivity index (χ2n) is 5.23. The summed E-state index contributed by atoms with van der Waals surface area (Å²) in [5, 5.41) is 22.5. The van der Waals surface area contributed by atoms with Crippen LogP contribution < -0.4 is 4.74 Å². The molecule has 2 rings (SSSR count). The van der Waals surface area contributed by atoms with E-state index in [0.29, 0.717) is 23.3 Å². The third kappa shape index (κ3) is 3.80. The van der Waals surface area contributed by atoms with E-state index in [9.17, 15) is 14.7 Å². The summed E-state index contributed by atoms with van der Waals surface area (Å²) in [6, 6.07) is 9.56. The van der Waals surface area contributed by atoms with Crippen LogP contribution in [-0.4, -0.2) is 23.1 Å². The number of rotatable bonds is 6. The van der Waals surface area contributed by atoms with E-state index in [-0.39, 0.29) is 11.5 Å². The Morgan fingerprint density at radius 3 is 2.48 bits per heavy atom. The molecule has 0 radical (unpaired) electrons. The molecule has 0 aromatic heterocycles. The van der Waals surface area contributed by atoms with Gasteiger partial charge in [-0.2, -0.15) is 0 Å². The highest BCUT2D eigenvalue weighted by Gasteiger charge is 2.12. The molecular formula is C18H20FNO3. The van der Waals surface area contributed by atoms with Crippen LogP contribution in [0.5, 0.6) is 11.5 Å². The first-order valence-electron chi connectivity index (χ1n) is 7.49. The standard InChI is InChI=1S/C18H20FNO3/c1-3-4-5-16(20-22)14-10-12(6-8-17(14)21)13-7-9-18(23-2)15(19)11-13/h6-11,21-22H,3-5H2,1-2H3/b20-16+. The predicted octanol–water partition coefficient (Wildman–Crippen LogP) is 4.58. The number of nitrogens with zero attached hydrogens (tertiary/aromatic N) is 1. The number of halogens is 1. The van der Waals surface area contributed by atoms with Crippen LogP contribution in [0.15, 0.2) is 41.6 Å². The van der Waals surface area contributed by atoms with Crippen molar-refractivity contribution >= 4 is 5.71 Å². The lowest BCUT2D eigenvalue weighted by molar-refractivity contribution is 0.317. The number of phenolic OH excluding ortho intramolecular Hbond substituents is 1. The molecule has 0 fully saturated rings. The van der Waals surface area contributed by atoms with Gasteiger partial charge in [0, 0.05) is 5.56 Å². The highest BCUT2D eigenvalue weighted by molar-refractivity contribution is 6.03. The monoisotopic (exact) mass is 317 g/mol. The molecule has 0 aliphatic heterocycles. The minimum Gasteiger partial charge on any atom is -0.507 e. The lowest BCUT2D eigenvalue weighted by Gasteiger charge is -2.10. The van der Waals surface area contributed by atoms with Gasteiger partial charge in [0.1, 0.15) is 5.75 Å². The Labute approximate surface area is 134 Å². The van der Waals surface area contributed by atoms with Gasteiger partial charge in [0.05, 0.1) is 12.8 Å². The Balaban J connectivity index is 2.42. The first-order chi connectivity index (χ1) is 11.1. The summed E-state index contributed by atoms with van der Waals surface area (Å²) in [7, 11) is 1.41. The molecule has 0 saturated heterocycles. The van der Waals surface area contributed by atoms with Gasteiger partial charge in [-0.25, -0.2) is 4.39 Å². The molecule has 5 heteroatoms. The van der Waals surface area contributed by atoms with E-state index in [1.54, 1.807) is 24.3 Å². The Kier molecular flexibility index (Phi) is 5.57. The lowest BCUT2D eigenvalue weighted by atomic mass is 9.97. The number of benzene rings is 2. The van der Waals surface area contributed by atoms with E-state index in [1.807, 2.05) is 6.92 Å². The second kappa shape index (κ2) is 7.63. The highest BCUT2D eigenvalue weighted by Crippen LogP contribution is 2.30. The van der Waals surface area contributed by atoms with Crippen LogP contribution >= 0.6 is 0 Å². The topological polar surface area (TPSA) is 62.1 Å². The summed E-state index contributed by atoms with van der Waals surface area (Å²) >= 11 is 0. The fourth-order valence-electron chi connectivity index (χ4n) is 2.38. The van der Waals surface area contributed by atoms with E-state index in [1.165, 1.54) is 19.2 Å². The Bertz CT molecular complexity index is 713. The highest BCUT2D eigenvalue weighted by atomic mass is 19.1. The van der Waals surface area contributed by atoms with Crippen molar-refractivity contribution in [1.29, 1.82) is 0 Å². The summed E-state index contributed by atoms with van der Waals surface area (Å²) in [5.41, 5.74) is 2.24. The van der Waals surface area contributed by atoms with Gasteiger partial charge in [-0.3, -0.25) is 0 Å². The number of oxime groups is 1. The maximum absolute atomic E-state index is 13.9. The van der Waals surface area contributed by atoms with E-state index >= 15 is 0 Å². The van der Waals surface area contributed by atoms with E-state index in [2.05, 4.69) is 5.16 Å². The van der Waals surface area contributed by atoms with Crippen molar-refractivity contribution in [2.24, 2.45) is 5.16 Å². The summed E-state index contributed by atoms with van der Waals surface area (Å²) in [6.45, 7) is 2.03. The van der Waals surface area contributed by atoms with Crippen LogP contribution in [0.1, 0.15) is 31.7 Å². The zero-order valence-corrected chi connectivity index (χ0v) is 13.2. The number of phenols is 1. The third-order valence-electron chi connectivity index (χ3n) is 3.68. The van der Waals surface area contributed by atoms with Crippen LogP contribution in [0.25, 0.3) is 11.1 Å². The van der Waals surface area contributed by atoms with Crippen LogP contribution in [0.4, 0.5) is 4.39 Å². The molecule has 2 aromatic carbocycles. The molecule has 122 valence electrons. The van der Waals surface area contributed by atoms with Crippen molar-refractivity contribution in [3.8, 4) is 22.6 Å². The molecule has 2 aromatic rings. The fourth-order valence-corrected chi connectivity index (χ4v) is 2.38. The number of hydrogen-bond donors (Lipinski definition) is 2. The fraction of sp³-hybridized carbons (Fsp3) is 0.278. The van der Waals surface area contributed by atoms with Crippen LogP contribution in [0, 0.1) is 5.82 Å². The van der Waals surface area contributed by atoms with Crippen LogP contribution in [-0.2, 0) is 0 Å². The lowest BCUT2D eigenvalue weighted by Crippen LogP contribution is -2.02. The molecule has 23 heavy (non-hydrogen) atoms. The molecule has 0 aliphatic carbocycles.